The second-order valence-electron chi connectivity index (χ2n) is 5.14. The fourth-order valence-corrected chi connectivity index (χ4v) is 2.77. The lowest BCUT2D eigenvalue weighted by atomic mass is 10.1. The Morgan fingerprint density at radius 3 is 2.94 bits per heavy atom. The Bertz CT molecular complexity index is 377. The van der Waals surface area contributed by atoms with Crippen molar-refractivity contribution in [1.82, 2.24) is 9.55 Å². The molecule has 88 valence electrons. The Morgan fingerprint density at radius 2 is 2.19 bits per heavy atom. The van der Waals surface area contributed by atoms with Gasteiger partial charge in [0, 0.05) is 18.2 Å². The molecule has 16 heavy (non-hydrogen) atoms. The maximum absolute atomic E-state index is 5.60. The average Bonchev–Trinajstić information content (AvgIpc) is 3.10. The number of nitrogens with zero attached hydrogens (tertiary/aromatic N) is 2. The van der Waals surface area contributed by atoms with Crippen molar-refractivity contribution in [2.45, 2.75) is 57.4 Å². The van der Waals surface area contributed by atoms with Gasteiger partial charge in [-0.3, -0.25) is 0 Å². The molecule has 0 unspecified atom stereocenters. The highest BCUT2D eigenvalue weighted by molar-refractivity contribution is 5.23. The van der Waals surface area contributed by atoms with Gasteiger partial charge < -0.3 is 10.3 Å². The van der Waals surface area contributed by atoms with E-state index in [1.54, 1.807) is 0 Å². The lowest BCUT2D eigenvalue weighted by Gasteiger charge is -2.17. The normalized spacial score (nSPS) is 19.8. The highest BCUT2D eigenvalue weighted by Gasteiger charge is 2.31. The standard InChI is InChI=1S/C13H21N3/c14-8-3-4-11-12-5-1-2-9-16(12)13(15-11)10-6-7-10/h10H,1-9,14H2. The number of aryl methyl sites for hydroxylation is 1. The van der Waals surface area contributed by atoms with Gasteiger partial charge in [-0.1, -0.05) is 0 Å². The lowest BCUT2D eigenvalue weighted by Crippen LogP contribution is -2.13. The van der Waals surface area contributed by atoms with Crippen molar-refractivity contribution in [2.24, 2.45) is 5.73 Å². The molecule has 1 aliphatic heterocycles. The van der Waals surface area contributed by atoms with Gasteiger partial charge in [-0.25, -0.2) is 4.98 Å². The van der Waals surface area contributed by atoms with E-state index < -0.39 is 0 Å². The summed E-state index contributed by atoms with van der Waals surface area (Å²) in [6.07, 6.45) is 8.77. The average molecular weight is 219 g/mol. The molecule has 0 spiro atoms. The fraction of sp³-hybridized carbons (Fsp3) is 0.769. The van der Waals surface area contributed by atoms with Crippen LogP contribution in [-0.4, -0.2) is 16.1 Å². The molecule has 0 radical (unpaired) electrons. The van der Waals surface area contributed by atoms with Gasteiger partial charge in [0.05, 0.1) is 5.69 Å². The summed E-state index contributed by atoms with van der Waals surface area (Å²) >= 11 is 0. The third-order valence-electron chi connectivity index (χ3n) is 3.79. The molecule has 2 heterocycles. The Morgan fingerprint density at radius 1 is 1.31 bits per heavy atom. The molecule has 0 bridgehead atoms. The van der Waals surface area contributed by atoms with Crippen LogP contribution in [0, 0.1) is 0 Å². The summed E-state index contributed by atoms with van der Waals surface area (Å²) in [6.45, 7) is 1.99. The molecule has 3 heteroatoms. The zero-order valence-electron chi connectivity index (χ0n) is 9.91. The Labute approximate surface area is 97.0 Å². The zero-order valence-corrected chi connectivity index (χ0v) is 9.91. The van der Waals surface area contributed by atoms with E-state index in [0.717, 1.165) is 25.3 Å². The summed E-state index contributed by atoms with van der Waals surface area (Å²) < 4.78 is 2.52. The van der Waals surface area contributed by atoms with Crippen molar-refractivity contribution in [3.05, 3.63) is 17.2 Å². The molecule has 1 aliphatic carbocycles. The monoisotopic (exact) mass is 219 g/mol. The molecule has 1 aromatic rings. The smallest absolute Gasteiger partial charge is 0.112 e. The quantitative estimate of drug-likeness (QED) is 0.841. The van der Waals surface area contributed by atoms with E-state index in [4.69, 9.17) is 10.7 Å². The molecule has 2 aliphatic rings. The van der Waals surface area contributed by atoms with Gasteiger partial charge in [0.15, 0.2) is 0 Å². The van der Waals surface area contributed by atoms with Crippen LogP contribution in [0.15, 0.2) is 0 Å². The number of nitrogens with two attached hydrogens (primary N) is 1. The second-order valence-corrected chi connectivity index (χ2v) is 5.14. The van der Waals surface area contributed by atoms with Crippen LogP contribution < -0.4 is 5.73 Å². The molecular formula is C13H21N3. The minimum absolute atomic E-state index is 0.781. The summed E-state index contributed by atoms with van der Waals surface area (Å²) in [5, 5.41) is 0. The fourth-order valence-electron chi connectivity index (χ4n) is 2.77. The zero-order chi connectivity index (χ0) is 11.0. The largest absolute Gasteiger partial charge is 0.332 e. The van der Waals surface area contributed by atoms with Crippen LogP contribution in [0.2, 0.25) is 0 Å². The van der Waals surface area contributed by atoms with Crippen molar-refractivity contribution in [1.29, 1.82) is 0 Å². The van der Waals surface area contributed by atoms with Crippen molar-refractivity contribution >= 4 is 0 Å². The van der Waals surface area contributed by atoms with E-state index in [9.17, 15) is 0 Å². The van der Waals surface area contributed by atoms with E-state index in [2.05, 4.69) is 4.57 Å². The first kappa shape index (κ1) is 10.3. The van der Waals surface area contributed by atoms with Gasteiger partial charge in [0.25, 0.3) is 0 Å². The first-order valence-corrected chi connectivity index (χ1v) is 6.68. The number of hydrogen-bond donors (Lipinski definition) is 1. The molecule has 0 saturated heterocycles. The molecule has 1 fully saturated rings. The van der Waals surface area contributed by atoms with Crippen molar-refractivity contribution < 1.29 is 0 Å². The molecule has 0 aromatic carbocycles. The molecule has 1 saturated carbocycles. The molecule has 1 aromatic heterocycles. The molecule has 0 atom stereocenters. The van der Waals surface area contributed by atoms with Crippen LogP contribution in [0.4, 0.5) is 0 Å². The summed E-state index contributed by atoms with van der Waals surface area (Å²) in [6, 6.07) is 0. The topological polar surface area (TPSA) is 43.8 Å². The van der Waals surface area contributed by atoms with E-state index in [1.165, 1.54) is 55.9 Å². The first-order valence-electron chi connectivity index (χ1n) is 6.68. The maximum Gasteiger partial charge on any atom is 0.112 e. The number of imidazole rings is 1. The summed E-state index contributed by atoms with van der Waals surface area (Å²) in [5.74, 6) is 2.17. The predicted molar refractivity (Wildman–Crippen MR) is 64.5 cm³/mol. The van der Waals surface area contributed by atoms with E-state index >= 15 is 0 Å². The van der Waals surface area contributed by atoms with Gasteiger partial charge in [0.2, 0.25) is 0 Å². The van der Waals surface area contributed by atoms with Crippen molar-refractivity contribution in [2.75, 3.05) is 6.54 Å². The van der Waals surface area contributed by atoms with Crippen LogP contribution in [0.3, 0.4) is 0 Å². The van der Waals surface area contributed by atoms with E-state index in [1.807, 2.05) is 0 Å². The van der Waals surface area contributed by atoms with Crippen LogP contribution in [-0.2, 0) is 19.4 Å². The van der Waals surface area contributed by atoms with Gasteiger partial charge in [0.1, 0.15) is 5.82 Å². The Hall–Kier alpha value is -0.830. The molecule has 2 N–H and O–H groups in total. The Kier molecular flexibility index (Phi) is 2.72. The summed E-state index contributed by atoms with van der Waals surface area (Å²) in [4.78, 5) is 4.90. The van der Waals surface area contributed by atoms with Gasteiger partial charge in [-0.15, -0.1) is 0 Å². The van der Waals surface area contributed by atoms with Crippen LogP contribution in [0.25, 0.3) is 0 Å². The highest BCUT2D eigenvalue weighted by Crippen LogP contribution is 2.41. The minimum Gasteiger partial charge on any atom is -0.332 e. The minimum atomic E-state index is 0.781. The second kappa shape index (κ2) is 4.21. The third kappa shape index (κ3) is 1.77. The van der Waals surface area contributed by atoms with Crippen molar-refractivity contribution in [3.8, 4) is 0 Å². The SMILES string of the molecule is NCCCc1nc(C2CC2)n2c1CCCC2. The predicted octanol–water partition coefficient (Wildman–Crippen LogP) is 1.99. The first-order chi connectivity index (χ1) is 7.90. The van der Waals surface area contributed by atoms with Crippen LogP contribution in [0.1, 0.15) is 55.2 Å². The number of rotatable bonds is 4. The summed E-state index contributed by atoms with van der Waals surface area (Å²) in [5.41, 5.74) is 8.48. The number of hydrogen-bond acceptors (Lipinski definition) is 2. The third-order valence-corrected chi connectivity index (χ3v) is 3.79. The molecular weight excluding hydrogens is 198 g/mol. The maximum atomic E-state index is 5.60. The van der Waals surface area contributed by atoms with Crippen LogP contribution in [0.5, 0.6) is 0 Å². The van der Waals surface area contributed by atoms with Crippen LogP contribution >= 0.6 is 0 Å². The van der Waals surface area contributed by atoms with Gasteiger partial charge in [-0.05, 0) is 51.5 Å². The van der Waals surface area contributed by atoms with Crippen molar-refractivity contribution in [3.63, 3.8) is 0 Å². The molecule has 3 nitrogen and oxygen atoms in total. The molecule has 3 rings (SSSR count). The van der Waals surface area contributed by atoms with E-state index in [-0.39, 0.29) is 0 Å². The number of aromatic nitrogens is 2. The van der Waals surface area contributed by atoms with E-state index in [0.29, 0.717) is 0 Å². The Balaban J connectivity index is 1.91. The lowest BCUT2D eigenvalue weighted by molar-refractivity contribution is 0.512. The molecule has 0 amide bonds. The highest BCUT2D eigenvalue weighted by atomic mass is 15.1. The summed E-state index contributed by atoms with van der Waals surface area (Å²) in [7, 11) is 0. The van der Waals surface area contributed by atoms with Gasteiger partial charge in [-0.2, -0.15) is 0 Å². The number of fused-ring (bicyclic) bond motifs is 1. The van der Waals surface area contributed by atoms with Gasteiger partial charge >= 0.3 is 0 Å².